The van der Waals surface area contributed by atoms with Gasteiger partial charge in [-0.15, -0.1) is 0 Å². The summed E-state index contributed by atoms with van der Waals surface area (Å²) in [5, 5.41) is 0.421. The summed E-state index contributed by atoms with van der Waals surface area (Å²) < 4.78 is 7.04. The largest absolute Gasteiger partial charge is 0.468 e. The normalized spacial score (nSPS) is 10.7. The quantitative estimate of drug-likeness (QED) is 0.772. The third-order valence-corrected chi connectivity index (χ3v) is 3.09. The van der Waals surface area contributed by atoms with E-state index in [1.54, 1.807) is 24.3 Å². The van der Waals surface area contributed by atoms with E-state index < -0.39 is 11.7 Å². The maximum atomic E-state index is 12.4. The number of carbonyl (C=O) groups is 1. The van der Waals surface area contributed by atoms with E-state index in [2.05, 4.69) is 4.74 Å². The van der Waals surface area contributed by atoms with Crippen LogP contribution in [0.1, 0.15) is 13.3 Å². The molecule has 2 aromatic rings. The Morgan fingerprint density at radius 1 is 1.20 bits per heavy atom. The van der Waals surface area contributed by atoms with Crippen molar-refractivity contribution < 1.29 is 9.53 Å². The number of nitrogens with zero attached hydrogens (tertiary/aromatic N) is 2. The Kier molecular flexibility index (Phi) is 4.02. The Hall–Kier alpha value is -2.37. The Balaban J connectivity index is 2.80. The minimum Gasteiger partial charge on any atom is -0.468 e. The van der Waals surface area contributed by atoms with Gasteiger partial charge in [0.05, 0.1) is 18.0 Å². The van der Waals surface area contributed by atoms with Gasteiger partial charge < -0.3 is 4.74 Å². The van der Waals surface area contributed by atoms with E-state index in [-0.39, 0.29) is 12.1 Å². The second kappa shape index (κ2) is 5.73. The summed E-state index contributed by atoms with van der Waals surface area (Å²) in [5.41, 5.74) is -0.366. The first-order valence-corrected chi connectivity index (χ1v) is 6.39. The van der Waals surface area contributed by atoms with Crippen molar-refractivity contribution in [1.29, 1.82) is 0 Å². The molecule has 0 aliphatic carbocycles. The third kappa shape index (κ3) is 2.36. The smallest absolute Gasteiger partial charge is 0.332 e. The van der Waals surface area contributed by atoms with Crippen molar-refractivity contribution in [3.05, 3.63) is 45.1 Å². The fourth-order valence-electron chi connectivity index (χ4n) is 2.14. The summed E-state index contributed by atoms with van der Waals surface area (Å²) in [6, 6.07) is 6.75. The maximum Gasteiger partial charge on any atom is 0.332 e. The van der Waals surface area contributed by atoms with Crippen LogP contribution < -0.4 is 11.2 Å². The average molecular weight is 276 g/mol. The van der Waals surface area contributed by atoms with Gasteiger partial charge in [-0.3, -0.25) is 18.7 Å². The number of carbonyl (C=O) groups excluding carboxylic acids is 1. The van der Waals surface area contributed by atoms with Crippen LogP contribution in [0.2, 0.25) is 0 Å². The van der Waals surface area contributed by atoms with E-state index in [4.69, 9.17) is 0 Å². The average Bonchev–Trinajstić information content (AvgIpc) is 2.47. The zero-order chi connectivity index (χ0) is 14.7. The predicted molar refractivity (Wildman–Crippen MR) is 74.8 cm³/mol. The number of ether oxygens (including phenoxy) is 1. The van der Waals surface area contributed by atoms with E-state index >= 15 is 0 Å². The highest BCUT2D eigenvalue weighted by atomic mass is 16.5. The number of hydrogen-bond acceptors (Lipinski definition) is 4. The molecule has 1 aromatic carbocycles. The highest BCUT2D eigenvalue weighted by Gasteiger charge is 2.14. The molecule has 0 bridgehead atoms. The lowest BCUT2D eigenvalue weighted by Crippen LogP contribution is -2.41. The summed E-state index contributed by atoms with van der Waals surface area (Å²) >= 11 is 0. The van der Waals surface area contributed by atoms with Crippen molar-refractivity contribution in [2.24, 2.45) is 0 Å². The lowest BCUT2D eigenvalue weighted by molar-refractivity contribution is -0.141. The molecule has 0 aliphatic rings. The molecule has 0 saturated carbocycles. The van der Waals surface area contributed by atoms with Crippen LogP contribution in [0.3, 0.4) is 0 Å². The molecule has 1 aromatic heterocycles. The van der Waals surface area contributed by atoms with Gasteiger partial charge >= 0.3 is 11.7 Å². The Morgan fingerprint density at radius 3 is 2.55 bits per heavy atom. The molecule has 0 amide bonds. The molecular formula is C14H16N2O4. The van der Waals surface area contributed by atoms with Crippen LogP contribution >= 0.6 is 0 Å². The standard InChI is InChI=1S/C14H16N2O4/c1-3-8-15-13(18)10-6-4-5-7-11(10)16(14(15)19)9-12(17)20-2/h4-7H,3,8-9H2,1-2H3. The van der Waals surface area contributed by atoms with Crippen molar-refractivity contribution in [3.63, 3.8) is 0 Å². The zero-order valence-corrected chi connectivity index (χ0v) is 11.5. The van der Waals surface area contributed by atoms with Gasteiger partial charge in [-0.2, -0.15) is 0 Å². The second-order valence-corrected chi connectivity index (χ2v) is 4.42. The summed E-state index contributed by atoms with van der Waals surface area (Å²) in [7, 11) is 1.26. The molecule has 0 radical (unpaired) electrons. The molecule has 1 heterocycles. The molecule has 0 atom stereocenters. The Labute approximate surface area is 115 Å². The maximum absolute atomic E-state index is 12.4. The van der Waals surface area contributed by atoms with Crippen molar-refractivity contribution >= 4 is 16.9 Å². The third-order valence-electron chi connectivity index (χ3n) is 3.09. The predicted octanol–water partition coefficient (Wildman–Crippen LogP) is 0.746. The van der Waals surface area contributed by atoms with E-state index in [1.807, 2.05) is 6.92 Å². The number of hydrogen-bond donors (Lipinski definition) is 0. The van der Waals surface area contributed by atoms with Gasteiger partial charge in [-0.05, 0) is 18.6 Å². The second-order valence-electron chi connectivity index (χ2n) is 4.42. The number of fused-ring (bicyclic) bond motifs is 1. The van der Waals surface area contributed by atoms with Crippen LogP contribution in [0, 0.1) is 0 Å². The molecule has 0 saturated heterocycles. The lowest BCUT2D eigenvalue weighted by atomic mass is 10.2. The molecule has 0 N–H and O–H groups in total. The van der Waals surface area contributed by atoms with Gasteiger partial charge in [0.1, 0.15) is 6.54 Å². The van der Waals surface area contributed by atoms with E-state index in [0.29, 0.717) is 23.9 Å². The van der Waals surface area contributed by atoms with Crippen LogP contribution in [0.4, 0.5) is 0 Å². The summed E-state index contributed by atoms with van der Waals surface area (Å²) in [6.45, 7) is 2.00. The number of rotatable bonds is 4. The molecule has 6 heteroatoms. The van der Waals surface area contributed by atoms with Gasteiger partial charge in [0, 0.05) is 6.54 Å². The molecule has 0 unspecified atom stereocenters. The molecule has 106 valence electrons. The number of methoxy groups -OCH3 is 1. The lowest BCUT2D eigenvalue weighted by Gasteiger charge is -2.12. The SMILES string of the molecule is CCCn1c(=O)c2ccccc2n(CC(=O)OC)c1=O. The van der Waals surface area contributed by atoms with Crippen molar-refractivity contribution in [1.82, 2.24) is 9.13 Å². The van der Waals surface area contributed by atoms with Gasteiger partial charge in [0.25, 0.3) is 5.56 Å². The summed E-state index contributed by atoms with van der Waals surface area (Å²) in [6.07, 6.45) is 0.658. The highest BCUT2D eigenvalue weighted by Crippen LogP contribution is 2.07. The van der Waals surface area contributed by atoms with E-state index in [0.717, 1.165) is 4.57 Å². The van der Waals surface area contributed by atoms with E-state index in [1.165, 1.54) is 11.7 Å². The number of esters is 1. The zero-order valence-electron chi connectivity index (χ0n) is 11.5. The fraction of sp³-hybridized carbons (Fsp3) is 0.357. The van der Waals surface area contributed by atoms with Crippen molar-refractivity contribution in [2.45, 2.75) is 26.4 Å². The monoisotopic (exact) mass is 276 g/mol. The highest BCUT2D eigenvalue weighted by molar-refractivity contribution is 5.79. The summed E-state index contributed by atoms with van der Waals surface area (Å²) in [5.74, 6) is -0.529. The van der Waals surface area contributed by atoms with Gasteiger partial charge in [-0.25, -0.2) is 4.79 Å². The molecule has 2 rings (SSSR count). The van der Waals surface area contributed by atoms with Gasteiger partial charge in [0.15, 0.2) is 0 Å². The molecule has 0 fully saturated rings. The van der Waals surface area contributed by atoms with Crippen LogP contribution in [-0.2, 0) is 22.6 Å². The molecule has 20 heavy (non-hydrogen) atoms. The van der Waals surface area contributed by atoms with Crippen LogP contribution in [0.5, 0.6) is 0 Å². The first-order valence-electron chi connectivity index (χ1n) is 6.39. The first kappa shape index (κ1) is 14.0. The topological polar surface area (TPSA) is 70.3 Å². The number of benzene rings is 1. The Morgan fingerprint density at radius 2 is 1.90 bits per heavy atom. The van der Waals surface area contributed by atoms with E-state index in [9.17, 15) is 14.4 Å². The van der Waals surface area contributed by atoms with Crippen molar-refractivity contribution in [3.8, 4) is 0 Å². The van der Waals surface area contributed by atoms with Gasteiger partial charge in [-0.1, -0.05) is 19.1 Å². The van der Waals surface area contributed by atoms with Crippen LogP contribution in [0.15, 0.2) is 33.9 Å². The minimum atomic E-state index is -0.529. The Bertz CT molecular complexity index is 758. The number of para-hydroxylation sites is 1. The van der Waals surface area contributed by atoms with Crippen molar-refractivity contribution in [2.75, 3.05) is 7.11 Å². The molecule has 6 nitrogen and oxygen atoms in total. The number of aromatic nitrogens is 2. The minimum absolute atomic E-state index is 0.208. The molecule has 0 spiro atoms. The molecule has 0 aliphatic heterocycles. The fourth-order valence-corrected chi connectivity index (χ4v) is 2.14. The molecular weight excluding hydrogens is 260 g/mol. The summed E-state index contributed by atoms with van der Waals surface area (Å²) in [4.78, 5) is 36.1. The first-order chi connectivity index (χ1) is 9.60. The van der Waals surface area contributed by atoms with Crippen LogP contribution in [-0.4, -0.2) is 22.2 Å². The van der Waals surface area contributed by atoms with Crippen LogP contribution in [0.25, 0.3) is 10.9 Å². The van der Waals surface area contributed by atoms with Gasteiger partial charge in [0.2, 0.25) is 0 Å².